The maximum absolute atomic E-state index is 10.00. The summed E-state index contributed by atoms with van der Waals surface area (Å²) in [6.45, 7) is 14.1. The van der Waals surface area contributed by atoms with Crippen LogP contribution in [0.15, 0.2) is 0 Å². The quantitative estimate of drug-likeness (QED) is 0.641. The number of likely N-dealkylation sites (tertiary alicyclic amines) is 1. The Hall–Kier alpha value is -0.160. The zero-order chi connectivity index (χ0) is 15.7. The van der Waals surface area contributed by atoms with E-state index in [4.69, 9.17) is 4.74 Å². The molecule has 1 unspecified atom stereocenters. The van der Waals surface area contributed by atoms with Gasteiger partial charge < -0.3 is 20.1 Å². The van der Waals surface area contributed by atoms with Crippen molar-refractivity contribution in [2.24, 2.45) is 5.92 Å². The second-order valence-corrected chi connectivity index (χ2v) is 7.46. The van der Waals surface area contributed by atoms with Gasteiger partial charge >= 0.3 is 0 Å². The minimum absolute atomic E-state index is 0.211. The first kappa shape index (κ1) is 18.9. The fourth-order valence-corrected chi connectivity index (χ4v) is 2.64. The molecule has 0 bridgehead atoms. The van der Waals surface area contributed by atoms with Crippen LogP contribution in [0.3, 0.4) is 0 Å². The molecule has 126 valence electrons. The molecule has 4 heteroatoms. The van der Waals surface area contributed by atoms with E-state index in [2.05, 4.69) is 37.9 Å². The average Bonchev–Trinajstić information content (AvgIpc) is 2.42. The van der Waals surface area contributed by atoms with Crippen molar-refractivity contribution in [2.75, 3.05) is 39.4 Å². The van der Waals surface area contributed by atoms with Gasteiger partial charge in [-0.05, 0) is 65.6 Å². The molecule has 1 fully saturated rings. The normalized spacial score (nSPS) is 19.9. The van der Waals surface area contributed by atoms with Crippen molar-refractivity contribution >= 4 is 0 Å². The molecule has 0 aromatic rings. The van der Waals surface area contributed by atoms with Gasteiger partial charge in [0.1, 0.15) is 0 Å². The van der Waals surface area contributed by atoms with E-state index >= 15 is 0 Å². The predicted octanol–water partition coefficient (Wildman–Crippen LogP) is 2.26. The van der Waals surface area contributed by atoms with Crippen LogP contribution < -0.4 is 5.32 Å². The SMILES string of the molecule is CCCCOCC(O)CN1CCC(CNC(C)(C)C)CC1. The highest BCUT2D eigenvalue weighted by atomic mass is 16.5. The number of β-amino-alcohol motifs (C(OH)–C–C–N with tert-alkyl or cyclic N) is 1. The molecule has 2 N–H and O–H groups in total. The monoisotopic (exact) mass is 300 g/mol. The van der Waals surface area contributed by atoms with Crippen LogP contribution >= 0.6 is 0 Å². The molecule has 4 nitrogen and oxygen atoms in total. The molecule has 1 rings (SSSR count). The van der Waals surface area contributed by atoms with Crippen LogP contribution in [0.4, 0.5) is 0 Å². The van der Waals surface area contributed by atoms with Crippen LogP contribution in [0, 0.1) is 5.92 Å². The lowest BCUT2D eigenvalue weighted by Crippen LogP contribution is -2.44. The van der Waals surface area contributed by atoms with Gasteiger partial charge in [-0.15, -0.1) is 0 Å². The summed E-state index contributed by atoms with van der Waals surface area (Å²) in [5, 5.41) is 13.6. The summed E-state index contributed by atoms with van der Waals surface area (Å²) in [6.07, 6.45) is 4.34. The zero-order valence-corrected chi connectivity index (χ0v) is 14.5. The Morgan fingerprint density at radius 2 is 1.95 bits per heavy atom. The van der Waals surface area contributed by atoms with Crippen molar-refractivity contribution in [2.45, 2.75) is 65.0 Å². The maximum Gasteiger partial charge on any atom is 0.0900 e. The molecule has 0 spiro atoms. The number of hydrogen-bond acceptors (Lipinski definition) is 4. The van der Waals surface area contributed by atoms with Gasteiger partial charge in [-0.25, -0.2) is 0 Å². The van der Waals surface area contributed by atoms with E-state index in [-0.39, 0.29) is 11.6 Å². The molecule has 1 aliphatic heterocycles. The van der Waals surface area contributed by atoms with Crippen molar-refractivity contribution in [1.29, 1.82) is 0 Å². The van der Waals surface area contributed by atoms with Gasteiger partial charge in [0.05, 0.1) is 12.7 Å². The summed E-state index contributed by atoms with van der Waals surface area (Å²) in [7, 11) is 0. The number of nitrogens with zero attached hydrogens (tertiary/aromatic N) is 1. The minimum Gasteiger partial charge on any atom is -0.389 e. The van der Waals surface area contributed by atoms with Crippen molar-refractivity contribution in [3.05, 3.63) is 0 Å². The van der Waals surface area contributed by atoms with Gasteiger partial charge in [0.2, 0.25) is 0 Å². The molecule has 0 saturated carbocycles. The Morgan fingerprint density at radius 1 is 1.29 bits per heavy atom. The van der Waals surface area contributed by atoms with Gasteiger partial charge in [0.15, 0.2) is 0 Å². The highest BCUT2D eigenvalue weighted by Crippen LogP contribution is 2.17. The molecule has 1 heterocycles. The number of rotatable bonds is 9. The largest absolute Gasteiger partial charge is 0.389 e. The second-order valence-electron chi connectivity index (χ2n) is 7.46. The van der Waals surface area contributed by atoms with E-state index in [1.54, 1.807) is 0 Å². The van der Waals surface area contributed by atoms with Gasteiger partial charge in [-0.3, -0.25) is 0 Å². The van der Waals surface area contributed by atoms with Crippen molar-refractivity contribution in [3.8, 4) is 0 Å². The van der Waals surface area contributed by atoms with E-state index in [1.165, 1.54) is 12.8 Å². The summed E-state index contributed by atoms with van der Waals surface area (Å²) >= 11 is 0. The fraction of sp³-hybridized carbons (Fsp3) is 1.00. The molecule has 1 aliphatic rings. The van der Waals surface area contributed by atoms with E-state index in [1.807, 2.05) is 0 Å². The van der Waals surface area contributed by atoms with Crippen LogP contribution in [0.25, 0.3) is 0 Å². The standard InChI is InChI=1S/C17H36N2O2/c1-5-6-11-21-14-16(20)13-19-9-7-15(8-10-19)12-18-17(2,3)4/h15-16,18,20H,5-14H2,1-4H3. The average molecular weight is 300 g/mol. The van der Waals surface area contributed by atoms with Crippen LogP contribution in [-0.2, 0) is 4.74 Å². The minimum atomic E-state index is -0.342. The molecule has 0 amide bonds. The van der Waals surface area contributed by atoms with E-state index in [9.17, 15) is 5.11 Å². The van der Waals surface area contributed by atoms with E-state index in [0.29, 0.717) is 6.61 Å². The molecule has 0 aromatic heterocycles. The van der Waals surface area contributed by atoms with Crippen LogP contribution in [0.1, 0.15) is 53.4 Å². The lowest BCUT2D eigenvalue weighted by Gasteiger charge is -2.34. The van der Waals surface area contributed by atoms with Crippen LogP contribution in [0.2, 0.25) is 0 Å². The molecular formula is C17H36N2O2. The highest BCUT2D eigenvalue weighted by molar-refractivity contribution is 4.78. The predicted molar refractivity (Wildman–Crippen MR) is 88.7 cm³/mol. The third kappa shape index (κ3) is 9.46. The number of piperidine rings is 1. The van der Waals surface area contributed by atoms with E-state index < -0.39 is 0 Å². The van der Waals surface area contributed by atoms with Gasteiger partial charge in [-0.1, -0.05) is 13.3 Å². The first-order chi connectivity index (χ1) is 9.90. The number of aliphatic hydroxyl groups is 1. The lowest BCUT2D eigenvalue weighted by molar-refractivity contribution is 0.00980. The lowest BCUT2D eigenvalue weighted by atomic mass is 9.95. The molecule has 0 aromatic carbocycles. The van der Waals surface area contributed by atoms with Crippen molar-refractivity contribution in [1.82, 2.24) is 10.2 Å². The van der Waals surface area contributed by atoms with Gasteiger partial charge in [-0.2, -0.15) is 0 Å². The zero-order valence-electron chi connectivity index (χ0n) is 14.5. The van der Waals surface area contributed by atoms with E-state index in [0.717, 1.165) is 51.5 Å². The number of nitrogens with one attached hydrogen (secondary N) is 1. The summed E-state index contributed by atoms with van der Waals surface area (Å²) in [5.74, 6) is 0.776. The fourth-order valence-electron chi connectivity index (χ4n) is 2.64. The van der Waals surface area contributed by atoms with Crippen LogP contribution in [-0.4, -0.2) is 61.0 Å². The third-order valence-electron chi connectivity index (χ3n) is 4.05. The van der Waals surface area contributed by atoms with Gasteiger partial charge in [0.25, 0.3) is 0 Å². The molecular weight excluding hydrogens is 264 g/mol. The first-order valence-electron chi connectivity index (χ1n) is 8.64. The summed E-state index contributed by atoms with van der Waals surface area (Å²) in [4.78, 5) is 2.38. The third-order valence-corrected chi connectivity index (χ3v) is 4.05. The molecule has 1 atom stereocenters. The molecule has 21 heavy (non-hydrogen) atoms. The maximum atomic E-state index is 10.00. The first-order valence-corrected chi connectivity index (χ1v) is 8.64. The summed E-state index contributed by atoms with van der Waals surface area (Å²) in [6, 6.07) is 0. The molecule has 0 aliphatic carbocycles. The van der Waals surface area contributed by atoms with Crippen molar-refractivity contribution in [3.63, 3.8) is 0 Å². The Labute approximate surface area is 131 Å². The number of hydrogen-bond donors (Lipinski definition) is 2. The topological polar surface area (TPSA) is 44.7 Å². The molecule has 1 saturated heterocycles. The highest BCUT2D eigenvalue weighted by Gasteiger charge is 2.22. The van der Waals surface area contributed by atoms with Gasteiger partial charge in [0, 0.05) is 18.7 Å². The molecule has 0 radical (unpaired) electrons. The number of unbranched alkanes of at least 4 members (excludes halogenated alkanes) is 1. The number of ether oxygens (including phenoxy) is 1. The Morgan fingerprint density at radius 3 is 2.52 bits per heavy atom. The van der Waals surface area contributed by atoms with Crippen LogP contribution in [0.5, 0.6) is 0 Å². The smallest absolute Gasteiger partial charge is 0.0900 e. The second kappa shape index (κ2) is 9.78. The Kier molecular flexibility index (Phi) is 8.79. The number of aliphatic hydroxyl groups excluding tert-OH is 1. The summed E-state index contributed by atoms with van der Waals surface area (Å²) in [5.41, 5.74) is 0.211. The summed E-state index contributed by atoms with van der Waals surface area (Å²) < 4.78 is 5.49. The van der Waals surface area contributed by atoms with Crippen molar-refractivity contribution < 1.29 is 9.84 Å². The Balaban J connectivity index is 2.09. The Bertz CT molecular complexity index is 258.